The van der Waals surface area contributed by atoms with E-state index in [4.69, 9.17) is 9.47 Å². The zero-order valence-electron chi connectivity index (χ0n) is 11.5. The van der Waals surface area contributed by atoms with Gasteiger partial charge >= 0.3 is 0 Å². The van der Waals surface area contributed by atoms with Crippen molar-refractivity contribution in [2.24, 2.45) is 0 Å². The van der Waals surface area contributed by atoms with E-state index in [-0.39, 0.29) is 16.3 Å². The lowest BCUT2D eigenvalue weighted by molar-refractivity contribution is 0.401. The second kappa shape index (κ2) is 6.01. The third-order valence-corrected chi connectivity index (χ3v) is 4.15. The van der Waals surface area contributed by atoms with Gasteiger partial charge in [0.25, 0.3) is 10.0 Å². The summed E-state index contributed by atoms with van der Waals surface area (Å²) in [7, 11) is -1.26. The van der Waals surface area contributed by atoms with Crippen molar-refractivity contribution in [3.05, 3.63) is 48.3 Å². The molecule has 21 heavy (non-hydrogen) atoms. The lowest BCUT2D eigenvalue weighted by Gasteiger charge is -2.13. The van der Waals surface area contributed by atoms with Crippen molar-refractivity contribution in [2.45, 2.75) is 4.90 Å². The van der Waals surface area contributed by atoms with Gasteiger partial charge in [0.15, 0.2) is 0 Å². The van der Waals surface area contributed by atoms with Crippen LogP contribution in [0.25, 0.3) is 0 Å². The van der Waals surface area contributed by atoms with Crippen molar-refractivity contribution in [3.8, 4) is 11.5 Å². The Kier molecular flexibility index (Phi) is 4.32. The lowest BCUT2D eigenvalue weighted by Crippen LogP contribution is -2.15. The molecule has 0 amide bonds. The second-order valence-corrected chi connectivity index (χ2v) is 5.75. The molecule has 0 saturated carbocycles. The predicted octanol–water partition coefficient (Wildman–Crippen LogP) is 2.64. The molecule has 2 rings (SSSR count). The molecule has 0 bridgehead atoms. The van der Waals surface area contributed by atoms with E-state index < -0.39 is 15.8 Å². The standard InChI is InChI=1S/C14H14FNO4S/c1-19-12-6-4-3-5-11(12)16-21(17,18)14-9-10(15)7-8-13(14)20-2/h3-9,16H,1-2H3. The van der Waals surface area contributed by atoms with Crippen molar-refractivity contribution in [1.29, 1.82) is 0 Å². The fourth-order valence-electron chi connectivity index (χ4n) is 1.79. The molecular weight excluding hydrogens is 297 g/mol. The summed E-state index contributed by atoms with van der Waals surface area (Å²) in [5.74, 6) is -0.258. The fourth-order valence-corrected chi connectivity index (χ4v) is 3.04. The molecule has 0 atom stereocenters. The van der Waals surface area contributed by atoms with E-state index in [2.05, 4.69) is 4.72 Å². The van der Waals surface area contributed by atoms with Crippen molar-refractivity contribution < 1.29 is 22.3 Å². The number of hydrogen-bond acceptors (Lipinski definition) is 4. The van der Waals surface area contributed by atoms with Gasteiger partial charge in [-0.1, -0.05) is 12.1 Å². The molecule has 0 aliphatic heterocycles. The van der Waals surface area contributed by atoms with Crippen molar-refractivity contribution >= 4 is 15.7 Å². The molecule has 0 fully saturated rings. The Hall–Kier alpha value is -2.28. The number of benzene rings is 2. The first kappa shape index (κ1) is 15.1. The van der Waals surface area contributed by atoms with Gasteiger partial charge in [-0.05, 0) is 30.3 Å². The molecule has 7 heteroatoms. The Morgan fingerprint density at radius 2 is 1.67 bits per heavy atom. The van der Waals surface area contributed by atoms with Crippen LogP contribution in [-0.2, 0) is 10.0 Å². The Morgan fingerprint density at radius 3 is 2.33 bits per heavy atom. The summed E-state index contributed by atoms with van der Waals surface area (Å²) in [5, 5.41) is 0. The Balaban J connectivity index is 2.46. The average Bonchev–Trinajstić information content (AvgIpc) is 2.47. The van der Waals surface area contributed by atoms with E-state index in [0.717, 1.165) is 12.1 Å². The van der Waals surface area contributed by atoms with Gasteiger partial charge in [-0.25, -0.2) is 12.8 Å². The molecule has 0 aromatic heterocycles. The number of nitrogens with one attached hydrogen (secondary N) is 1. The van der Waals surface area contributed by atoms with Crippen LogP contribution in [0, 0.1) is 5.82 Å². The summed E-state index contributed by atoms with van der Waals surface area (Å²) in [5.41, 5.74) is 0.256. The van der Waals surface area contributed by atoms with Gasteiger partial charge in [-0.15, -0.1) is 0 Å². The van der Waals surface area contributed by atoms with Gasteiger partial charge in [-0.3, -0.25) is 4.72 Å². The Labute approximate surface area is 122 Å². The number of methoxy groups -OCH3 is 2. The predicted molar refractivity (Wildman–Crippen MR) is 76.8 cm³/mol. The SMILES string of the molecule is COc1ccccc1NS(=O)(=O)c1cc(F)ccc1OC. The lowest BCUT2D eigenvalue weighted by atomic mass is 10.3. The van der Waals surface area contributed by atoms with Crippen molar-refractivity contribution in [2.75, 3.05) is 18.9 Å². The Morgan fingerprint density at radius 1 is 1.00 bits per heavy atom. The van der Waals surface area contributed by atoms with Crippen LogP contribution in [0.15, 0.2) is 47.4 Å². The number of anilines is 1. The zero-order valence-corrected chi connectivity index (χ0v) is 12.3. The summed E-state index contributed by atoms with van der Waals surface area (Å²) < 4.78 is 50.5. The van der Waals surface area contributed by atoms with Crippen LogP contribution in [0.1, 0.15) is 0 Å². The van der Waals surface area contributed by atoms with Crippen LogP contribution in [0.2, 0.25) is 0 Å². The maximum Gasteiger partial charge on any atom is 0.265 e. The minimum atomic E-state index is -4.01. The first-order chi connectivity index (χ1) is 9.97. The number of halogens is 1. The molecule has 0 saturated heterocycles. The van der Waals surface area contributed by atoms with E-state index in [1.807, 2.05) is 0 Å². The van der Waals surface area contributed by atoms with Gasteiger partial charge < -0.3 is 9.47 Å². The van der Waals surface area contributed by atoms with Gasteiger partial charge in [0.2, 0.25) is 0 Å². The number of para-hydroxylation sites is 2. The second-order valence-electron chi connectivity index (χ2n) is 4.10. The smallest absolute Gasteiger partial charge is 0.265 e. The normalized spacial score (nSPS) is 11.0. The molecule has 1 N–H and O–H groups in total. The van der Waals surface area contributed by atoms with Crippen LogP contribution < -0.4 is 14.2 Å². The molecular formula is C14H14FNO4S. The largest absolute Gasteiger partial charge is 0.495 e. The number of sulfonamides is 1. The van der Waals surface area contributed by atoms with Gasteiger partial charge in [0.1, 0.15) is 22.2 Å². The molecule has 0 spiro atoms. The van der Waals surface area contributed by atoms with E-state index >= 15 is 0 Å². The van der Waals surface area contributed by atoms with Crippen LogP contribution >= 0.6 is 0 Å². The van der Waals surface area contributed by atoms with Crippen molar-refractivity contribution in [1.82, 2.24) is 0 Å². The molecule has 0 heterocycles. The average molecular weight is 311 g/mol. The van der Waals surface area contributed by atoms with Gasteiger partial charge in [0.05, 0.1) is 19.9 Å². The molecule has 5 nitrogen and oxygen atoms in total. The molecule has 0 aliphatic rings. The third kappa shape index (κ3) is 3.25. The van der Waals surface area contributed by atoms with Gasteiger partial charge in [-0.2, -0.15) is 0 Å². The van der Waals surface area contributed by atoms with E-state index in [1.54, 1.807) is 24.3 Å². The van der Waals surface area contributed by atoms with E-state index in [9.17, 15) is 12.8 Å². The summed E-state index contributed by atoms with van der Waals surface area (Å²) >= 11 is 0. The summed E-state index contributed by atoms with van der Waals surface area (Å²) in [6, 6.07) is 9.80. The number of ether oxygens (including phenoxy) is 2. The minimum Gasteiger partial charge on any atom is -0.495 e. The molecule has 0 aliphatic carbocycles. The van der Waals surface area contributed by atoms with Crippen LogP contribution in [-0.4, -0.2) is 22.6 Å². The van der Waals surface area contributed by atoms with Crippen LogP contribution in [0.5, 0.6) is 11.5 Å². The van der Waals surface area contributed by atoms with Gasteiger partial charge in [0, 0.05) is 0 Å². The van der Waals surface area contributed by atoms with Crippen LogP contribution in [0.4, 0.5) is 10.1 Å². The topological polar surface area (TPSA) is 64.6 Å². The summed E-state index contributed by atoms with van der Waals surface area (Å²) in [4.78, 5) is -0.282. The minimum absolute atomic E-state index is 0.0544. The number of hydrogen-bond donors (Lipinski definition) is 1. The molecule has 112 valence electrons. The maximum atomic E-state index is 13.3. The number of rotatable bonds is 5. The van der Waals surface area contributed by atoms with E-state index in [0.29, 0.717) is 5.75 Å². The fraction of sp³-hybridized carbons (Fsp3) is 0.143. The highest BCUT2D eigenvalue weighted by molar-refractivity contribution is 7.92. The summed E-state index contributed by atoms with van der Waals surface area (Å²) in [6.45, 7) is 0. The monoisotopic (exact) mass is 311 g/mol. The highest BCUT2D eigenvalue weighted by atomic mass is 32.2. The van der Waals surface area contributed by atoms with Crippen LogP contribution in [0.3, 0.4) is 0 Å². The maximum absolute atomic E-state index is 13.3. The highest BCUT2D eigenvalue weighted by Gasteiger charge is 2.21. The third-order valence-electron chi connectivity index (χ3n) is 2.77. The molecule has 0 unspecified atom stereocenters. The summed E-state index contributed by atoms with van der Waals surface area (Å²) in [6.07, 6.45) is 0. The first-order valence-corrected chi connectivity index (χ1v) is 7.45. The van der Waals surface area contributed by atoms with E-state index in [1.165, 1.54) is 20.3 Å². The quantitative estimate of drug-likeness (QED) is 0.922. The highest BCUT2D eigenvalue weighted by Crippen LogP contribution is 2.30. The molecule has 2 aromatic rings. The Bertz CT molecular complexity index is 746. The van der Waals surface area contributed by atoms with Crippen molar-refractivity contribution in [3.63, 3.8) is 0 Å². The zero-order chi connectivity index (χ0) is 15.5. The molecule has 0 radical (unpaired) electrons. The first-order valence-electron chi connectivity index (χ1n) is 5.97. The molecule has 2 aromatic carbocycles.